The topological polar surface area (TPSA) is 30.0 Å². The molecule has 0 radical (unpaired) electrons. The van der Waals surface area contributed by atoms with E-state index in [-0.39, 0.29) is 11.3 Å². The lowest BCUT2D eigenvalue weighted by Gasteiger charge is -2.00. The lowest BCUT2D eigenvalue weighted by molar-refractivity contribution is 0.102. The van der Waals surface area contributed by atoms with Crippen LogP contribution in [0.15, 0.2) is 24.4 Å². The SMILES string of the molecule is CC(=O)c1cnc(-c2c(F)cccc2Cl)s1. The van der Waals surface area contributed by atoms with Crippen molar-refractivity contribution < 1.29 is 9.18 Å². The summed E-state index contributed by atoms with van der Waals surface area (Å²) in [5.74, 6) is -0.520. The van der Waals surface area contributed by atoms with Gasteiger partial charge in [-0.3, -0.25) is 4.79 Å². The van der Waals surface area contributed by atoms with Crippen LogP contribution < -0.4 is 0 Å². The first-order valence-corrected chi connectivity index (χ1v) is 5.70. The Kier molecular flexibility index (Phi) is 3.03. The van der Waals surface area contributed by atoms with Crippen LogP contribution in [0.1, 0.15) is 16.6 Å². The zero-order valence-corrected chi connectivity index (χ0v) is 9.90. The summed E-state index contributed by atoms with van der Waals surface area (Å²) in [5, 5.41) is 0.720. The Labute approximate surface area is 101 Å². The van der Waals surface area contributed by atoms with E-state index in [1.54, 1.807) is 6.07 Å². The molecule has 1 aromatic carbocycles. The molecule has 0 unspecified atom stereocenters. The Balaban J connectivity index is 2.54. The van der Waals surface area contributed by atoms with Crippen molar-refractivity contribution >= 4 is 28.7 Å². The third kappa shape index (κ3) is 1.99. The summed E-state index contributed by atoms with van der Waals surface area (Å²) in [6.07, 6.45) is 1.44. The Bertz CT molecular complexity index is 532. The maximum atomic E-state index is 13.5. The van der Waals surface area contributed by atoms with Crippen molar-refractivity contribution in [2.24, 2.45) is 0 Å². The maximum absolute atomic E-state index is 13.5. The normalized spacial score (nSPS) is 10.4. The number of hydrogen-bond donors (Lipinski definition) is 0. The summed E-state index contributed by atoms with van der Waals surface area (Å²) >= 11 is 7.03. The highest BCUT2D eigenvalue weighted by Gasteiger charge is 2.14. The second-order valence-corrected chi connectivity index (χ2v) is 4.62. The second-order valence-electron chi connectivity index (χ2n) is 3.18. The predicted octanol–water partition coefficient (Wildman–Crippen LogP) is 3.81. The maximum Gasteiger partial charge on any atom is 0.171 e. The standard InChI is InChI=1S/C11H7ClFNOS/c1-6(15)9-5-14-11(16-9)10-7(12)3-2-4-8(10)13/h2-5H,1H3. The van der Waals surface area contributed by atoms with E-state index in [1.165, 1.54) is 25.3 Å². The number of thiazole rings is 1. The van der Waals surface area contributed by atoms with Gasteiger partial charge in [0.2, 0.25) is 0 Å². The molecule has 0 saturated heterocycles. The number of benzene rings is 1. The summed E-state index contributed by atoms with van der Waals surface area (Å²) in [5.41, 5.74) is 0.252. The van der Waals surface area contributed by atoms with Gasteiger partial charge in [0.15, 0.2) is 5.78 Å². The molecule has 0 aliphatic carbocycles. The van der Waals surface area contributed by atoms with Crippen LogP contribution >= 0.6 is 22.9 Å². The molecule has 5 heteroatoms. The highest BCUT2D eigenvalue weighted by molar-refractivity contribution is 7.17. The summed E-state index contributed by atoms with van der Waals surface area (Å²) in [6.45, 7) is 1.44. The van der Waals surface area contributed by atoms with Crippen molar-refractivity contribution in [3.05, 3.63) is 40.1 Å². The third-order valence-electron chi connectivity index (χ3n) is 2.03. The van der Waals surface area contributed by atoms with E-state index in [2.05, 4.69) is 4.98 Å². The Morgan fingerprint density at radius 1 is 1.50 bits per heavy atom. The molecule has 2 aromatic rings. The monoisotopic (exact) mass is 255 g/mol. The molecule has 0 aliphatic heterocycles. The quantitative estimate of drug-likeness (QED) is 0.764. The van der Waals surface area contributed by atoms with Crippen molar-refractivity contribution in [1.29, 1.82) is 0 Å². The van der Waals surface area contributed by atoms with Crippen LogP contribution in [-0.2, 0) is 0 Å². The van der Waals surface area contributed by atoms with Gasteiger partial charge in [-0.25, -0.2) is 9.37 Å². The first kappa shape index (κ1) is 11.2. The molecule has 2 rings (SSSR count). The summed E-state index contributed by atoms with van der Waals surface area (Å²) < 4.78 is 13.5. The molecule has 0 spiro atoms. The molecule has 82 valence electrons. The molecule has 1 aromatic heterocycles. The lowest BCUT2D eigenvalue weighted by atomic mass is 10.2. The zero-order valence-electron chi connectivity index (χ0n) is 8.33. The zero-order chi connectivity index (χ0) is 11.7. The molecule has 0 fully saturated rings. The number of carbonyl (C=O) groups is 1. The van der Waals surface area contributed by atoms with E-state index >= 15 is 0 Å². The van der Waals surface area contributed by atoms with E-state index < -0.39 is 5.82 Å². The van der Waals surface area contributed by atoms with Crippen LogP contribution in [0.5, 0.6) is 0 Å². The fourth-order valence-electron chi connectivity index (χ4n) is 1.25. The largest absolute Gasteiger partial charge is 0.294 e. The molecule has 0 saturated carbocycles. The van der Waals surface area contributed by atoms with Gasteiger partial charge in [0, 0.05) is 13.1 Å². The van der Waals surface area contributed by atoms with Crippen molar-refractivity contribution in [3.8, 4) is 10.6 Å². The molecular weight excluding hydrogens is 249 g/mol. The summed E-state index contributed by atoms with van der Waals surface area (Å²) in [7, 11) is 0. The molecule has 0 N–H and O–H groups in total. The van der Waals surface area contributed by atoms with Gasteiger partial charge in [0.05, 0.1) is 15.5 Å². The molecule has 0 aliphatic rings. The molecule has 0 atom stereocenters. The van der Waals surface area contributed by atoms with E-state index in [0.29, 0.717) is 14.9 Å². The predicted molar refractivity (Wildman–Crippen MR) is 62.5 cm³/mol. The number of carbonyl (C=O) groups excluding carboxylic acids is 1. The molecule has 16 heavy (non-hydrogen) atoms. The number of Topliss-reactive ketones (excluding diaryl/α,β-unsaturated/α-hetero) is 1. The lowest BCUT2D eigenvalue weighted by Crippen LogP contribution is -1.84. The molecule has 1 heterocycles. The molecule has 0 bridgehead atoms. The van der Waals surface area contributed by atoms with E-state index in [0.717, 1.165) is 11.3 Å². The van der Waals surface area contributed by atoms with Gasteiger partial charge in [0.1, 0.15) is 10.8 Å². The van der Waals surface area contributed by atoms with Crippen molar-refractivity contribution in [3.63, 3.8) is 0 Å². The van der Waals surface area contributed by atoms with E-state index in [9.17, 15) is 9.18 Å². The van der Waals surface area contributed by atoms with Gasteiger partial charge in [-0.1, -0.05) is 17.7 Å². The van der Waals surface area contributed by atoms with Crippen molar-refractivity contribution in [2.45, 2.75) is 6.92 Å². The number of halogens is 2. The summed E-state index contributed by atoms with van der Waals surface area (Å²) in [4.78, 5) is 15.6. The van der Waals surface area contributed by atoms with Crippen LogP contribution in [0.25, 0.3) is 10.6 Å². The van der Waals surface area contributed by atoms with Crippen LogP contribution in [-0.4, -0.2) is 10.8 Å². The summed E-state index contributed by atoms with van der Waals surface area (Å²) in [6, 6.07) is 4.44. The average Bonchev–Trinajstić information content (AvgIpc) is 2.66. The van der Waals surface area contributed by atoms with Gasteiger partial charge >= 0.3 is 0 Å². The minimum atomic E-state index is -0.433. The third-order valence-corrected chi connectivity index (χ3v) is 3.46. The molecule has 2 nitrogen and oxygen atoms in total. The average molecular weight is 256 g/mol. The first-order valence-electron chi connectivity index (χ1n) is 4.50. The smallest absolute Gasteiger partial charge is 0.171 e. The highest BCUT2D eigenvalue weighted by Crippen LogP contribution is 2.33. The highest BCUT2D eigenvalue weighted by atomic mass is 35.5. The van der Waals surface area contributed by atoms with Crippen LogP contribution in [0, 0.1) is 5.82 Å². The van der Waals surface area contributed by atoms with Gasteiger partial charge in [-0.15, -0.1) is 11.3 Å². The van der Waals surface area contributed by atoms with Crippen molar-refractivity contribution in [1.82, 2.24) is 4.98 Å². The fourth-order valence-corrected chi connectivity index (χ4v) is 2.44. The van der Waals surface area contributed by atoms with Gasteiger partial charge < -0.3 is 0 Å². The number of rotatable bonds is 2. The Morgan fingerprint density at radius 3 is 2.81 bits per heavy atom. The number of hydrogen-bond acceptors (Lipinski definition) is 3. The van der Waals surface area contributed by atoms with Gasteiger partial charge in [-0.05, 0) is 12.1 Å². The minimum absolute atomic E-state index is 0.0868. The Hall–Kier alpha value is -1.26. The molecular formula is C11H7ClFNOS. The minimum Gasteiger partial charge on any atom is -0.294 e. The van der Waals surface area contributed by atoms with Crippen LogP contribution in [0.4, 0.5) is 4.39 Å². The molecule has 0 amide bonds. The van der Waals surface area contributed by atoms with Crippen LogP contribution in [0.3, 0.4) is 0 Å². The second kappa shape index (κ2) is 4.31. The number of aromatic nitrogens is 1. The van der Waals surface area contributed by atoms with Gasteiger partial charge in [0.25, 0.3) is 0 Å². The fraction of sp³-hybridized carbons (Fsp3) is 0.0909. The van der Waals surface area contributed by atoms with E-state index in [1.807, 2.05) is 0 Å². The first-order chi connectivity index (χ1) is 7.59. The van der Waals surface area contributed by atoms with E-state index in [4.69, 9.17) is 11.6 Å². The number of ketones is 1. The number of nitrogens with zero attached hydrogens (tertiary/aromatic N) is 1. The van der Waals surface area contributed by atoms with Gasteiger partial charge in [-0.2, -0.15) is 0 Å². The Morgan fingerprint density at radius 2 is 2.25 bits per heavy atom. The van der Waals surface area contributed by atoms with Crippen LogP contribution in [0.2, 0.25) is 5.02 Å². The van der Waals surface area contributed by atoms with Crippen molar-refractivity contribution in [2.75, 3.05) is 0 Å².